The highest BCUT2D eigenvalue weighted by Crippen LogP contribution is 2.35. The molecule has 2 rings (SSSR count). The Morgan fingerprint density at radius 2 is 1.76 bits per heavy atom. The smallest absolute Gasteiger partial charge is 0.326 e. The summed E-state index contributed by atoms with van der Waals surface area (Å²) in [6, 6.07) is -1.65. The van der Waals surface area contributed by atoms with Crippen LogP contribution in [0.2, 0.25) is 0 Å². The maximum Gasteiger partial charge on any atom is 0.326 e. The molecule has 2 aliphatic rings. The SMILES string of the molecule is O=C(O)C[C@H](NC(=O)N1CCCC1C1CCCC1)C(=O)O. The molecular formula is C14H22N2O5. The van der Waals surface area contributed by atoms with Crippen LogP contribution >= 0.6 is 0 Å². The number of carbonyl (C=O) groups is 3. The van der Waals surface area contributed by atoms with Crippen molar-refractivity contribution in [1.82, 2.24) is 10.2 Å². The molecular weight excluding hydrogens is 276 g/mol. The second-order valence-electron chi connectivity index (χ2n) is 5.89. The van der Waals surface area contributed by atoms with Crippen LogP contribution < -0.4 is 5.32 Å². The Balaban J connectivity index is 1.97. The third-order valence-corrected chi connectivity index (χ3v) is 4.48. The van der Waals surface area contributed by atoms with Crippen LogP contribution in [-0.2, 0) is 9.59 Å². The summed E-state index contributed by atoms with van der Waals surface area (Å²) in [6.45, 7) is 0.617. The predicted octanol–water partition coefficient (Wildman–Crippen LogP) is 1.28. The molecule has 1 aliphatic heterocycles. The molecule has 1 aliphatic carbocycles. The number of urea groups is 1. The molecule has 0 aromatic carbocycles. The van der Waals surface area contributed by atoms with Gasteiger partial charge >= 0.3 is 18.0 Å². The van der Waals surface area contributed by atoms with Gasteiger partial charge < -0.3 is 20.4 Å². The van der Waals surface area contributed by atoms with Crippen LogP contribution in [0, 0.1) is 5.92 Å². The monoisotopic (exact) mass is 298 g/mol. The lowest BCUT2D eigenvalue weighted by molar-refractivity contribution is -0.145. The molecule has 7 heteroatoms. The third-order valence-electron chi connectivity index (χ3n) is 4.48. The van der Waals surface area contributed by atoms with E-state index in [0.717, 1.165) is 25.7 Å². The van der Waals surface area contributed by atoms with Crippen molar-refractivity contribution in [2.45, 2.75) is 57.0 Å². The molecule has 7 nitrogen and oxygen atoms in total. The fraction of sp³-hybridized carbons (Fsp3) is 0.786. The molecule has 1 saturated heterocycles. The molecule has 1 saturated carbocycles. The summed E-state index contributed by atoms with van der Waals surface area (Å²) in [7, 11) is 0. The minimum atomic E-state index is -1.38. The van der Waals surface area contributed by atoms with Crippen LogP contribution in [-0.4, -0.2) is 51.7 Å². The van der Waals surface area contributed by atoms with E-state index < -0.39 is 30.4 Å². The van der Waals surface area contributed by atoms with Crippen LogP contribution in [0.4, 0.5) is 4.79 Å². The zero-order valence-electron chi connectivity index (χ0n) is 12.0. The maximum atomic E-state index is 12.3. The topological polar surface area (TPSA) is 107 Å². The van der Waals surface area contributed by atoms with Crippen molar-refractivity contribution in [3.8, 4) is 0 Å². The van der Waals surface area contributed by atoms with E-state index in [1.807, 2.05) is 0 Å². The molecule has 2 fully saturated rings. The molecule has 0 bridgehead atoms. The van der Waals surface area contributed by atoms with Gasteiger partial charge in [0.1, 0.15) is 6.04 Å². The van der Waals surface area contributed by atoms with Crippen molar-refractivity contribution in [2.75, 3.05) is 6.54 Å². The molecule has 0 spiro atoms. The second kappa shape index (κ2) is 6.78. The number of amides is 2. The van der Waals surface area contributed by atoms with Gasteiger partial charge in [0.2, 0.25) is 0 Å². The molecule has 1 unspecified atom stereocenters. The minimum Gasteiger partial charge on any atom is -0.481 e. The van der Waals surface area contributed by atoms with Gasteiger partial charge in [0, 0.05) is 12.6 Å². The molecule has 3 N–H and O–H groups in total. The van der Waals surface area contributed by atoms with Gasteiger partial charge in [-0.1, -0.05) is 12.8 Å². The Kier molecular flexibility index (Phi) is 5.03. The van der Waals surface area contributed by atoms with E-state index in [9.17, 15) is 14.4 Å². The van der Waals surface area contributed by atoms with Gasteiger partial charge in [-0.2, -0.15) is 0 Å². The van der Waals surface area contributed by atoms with Crippen LogP contribution in [0.1, 0.15) is 44.9 Å². The van der Waals surface area contributed by atoms with Gasteiger partial charge in [0.15, 0.2) is 0 Å². The number of carboxylic acids is 2. The number of aliphatic carboxylic acids is 2. The largest absolute Gasteiger partial charge is 0.481 e. The lowest BCUT2D eigenvalue weighted by Gasteiger charge is -2.30. The zero-order valence-corrected chi connectivity index (χ0v) is 12.0. The summed E-state index contributed by atoms with van der Waals surface area (Å²) < 4.78 is 0. The van der Waals surface area contributed by atoms with Gasteiger partial charge in [-0.15, -0.1) is 0 Å². The highest BCUT2D eigenvalue weighted by atomic mass is 16.4. The summed E-state index contributed by atoms with van der Waals surface area (Å²) in [5, 5.41) is 20.1. The lowest BCUT2D eigenvalue weighted by atomic mass is 9.96. The zero-order chi connectivity index (χ0) is 15.4. The maximum absolute atomic E-state index is 12.3. The van der Waals surface area contributed by atoms with E-state index in [-0.39, 0.29) is 6.04 Å². The van der Waals surface area contributed by atoms with Crippen molar-refractivity contribution >= 4 is 18.0 Å². The van der Waals surface area contributed by atoms with Gasteiger partial charge in [-0.05, 0) is 31.6 Å². The summed E-state index contributed by atoms with van der Waals surface area (Å²) in [4.78, 5) is 35.7. The van der Waals surface area contributed by atoms with Gasteiger partial charge in [0.05, 0.1) is 6.42 Å². The highest BCUT2D eigenvalue weighted by molar-refractivity contribution is 5.86. The number of likely N-dealkylation sites (tertiary alicyclic amines) is 1. The minimum absolute atomic E-state index is 0.173. The van der Waals surface area contributed by atoms with Gasteiger partial charge in [0.25, 0.3) is 0 Å². The fourth-order valence-electron chi connectivity index (χ4n) is 3.48. The lowest BCUT2D eigenvalue weighted by Crippen LogP contribution is -2.51. The average molecular weight is 298 g/mol. The van der Waals surface area contributed by atoms with Crippen LogP contribution in [0.25, 0.3) is 0 Å². The normalized spacial score (nSPS) is 24.0. The van der Waals surface area contributed by atoms with Crippen molar-refractivity contribution in [1.29, 1.82) is 0 Å². The molecule has 118 valence electrons. The Morgan fingerprint density at radius 3 is 2.33 bits per heavy atom. The number of hydrogen-bond donors (Lipinski definition) is 3. The molecule has 0 aromatic heterocycles. The van der Waals surface area contributed by atoms with E-state index in [1.165, 1.54) is 12.8 Å². The number of rotatable bonds is 5. The van der Waals surface area contributed by atoms with Gasteiger partial charge in [-0.25, -0.2) is 9.59 Å². The second-order valence-corrected chi connectivity index (χ2v) is 5.89. The third kappa shape index (κ3) is 3.86. The summed E-state index contributed by atoms with van der Waals surface area (Å²) >= 11 is 0. The first-order valence-corrected chi connectivity index (χ1v) is 7.50. The Labute approximate surface area is 123 Å². The van der Waals surface area contributed by atoms with E-state index in [4.69, 9.17) is 10.2 Å². The molecule has 2 amide bonds. The Bertz CT molecular complexity index is 420. The van der Waals surface area contributed by atoms with Crippen LogP contribution in [0.15, 0.2) is 0 Å². The van der Waals surface area contributed by atoms with Crippen molar-refractivity contribution in [3.63, 3.8) is 0 Å². The number of nitrogens with one attached hydrogen (secondary N) is 1. The molecule has 2 atom stereocenters. The van der Waals surface area contributed by atoms with Gasteiger partial charge in [-0.3, -0.25) is 4.79 Å². The van der Waals surface area contributed by atoms with E-state index in [2.05, 4.69) is 5.32 Å². The number of nitrogens with zero attached hydrogens (tertiary/aromatic N) is 1. The number of carbonyl (C=O) groups excluding carboxylic acids is 1. The average Bonchev–Trinajstić information content (AvgIpc) is 3.07. The van der Waals surface area contributed by atoms with E-state index in [0.29, 0.717) is 12.5 Å². The Hall–Kier alpha value is -1.79. The van der Waals surface area contributed by atoms with E-state index in [1.54, 1.807) is 4.90 Å². The standard InChI is InChI=1S/C14H22N2O5/c17-12(18)8-10(13(19)20)15-14(21)16-7-3-6-11(16)9-4-1-2-5-9/h9-11H,1-8H2,(H,15,21)(H,17,18)(H,19,20)/t10-,11?/m0/s1. The Morgan fingerprint density at radius 1 is 1.10 bits per heavy atom. The van der Waals surface area contributed by atoms with Crippen molar-refractivity contribution in [2.24, 2.45) is 5.92 Å². The quantitative estimate of drug-likeness (QED) is 0.708. The highest BCUT2D eigenvalue weighted by Gasteiger charge is 2.37. The predicted molar refractivity (Wildman–Crippen MR) is 73.9 cm³/mol. The van der Waals surface area contributed by atoms with E-state index >= 15 is 0 Å². The first kappa shape index (κ1) is 15.6. The molecule has 0 aromatic rings. The van der Waals surface area contributed by atoms with Crippen LogP contribution in [0.5, 0.6) is 0 Å². The molecule has 1 heterocycles. The molecule has 0 radical (unpaired) electrons. The first-order chi connectivity index (χ1) is 9.99. The van der Waals surface area contributed by atoms with Crippen LogP contribution in [0.3, 0.4) is 0 Å². The number of carboxylic acid groups (broad SMARTS) is 2. The van der Waals surface area contributed by atoms with Crippen molar-refractivity contribution < 1.29 is 24.6 Å². The first-order valence-electron chi connectivity index (χ1n) is 7.50. The fourth-order valence-corrected chi connectivity index (χ4v) is 3.48. The summed E-state index contributed by atoms with van der Waals surface area (Å²) in [6.07, 6.45) is 5.88. The summed E-state index contributed by atoms with van der Waals surface area (Å²) in [5.41, 5.74) is 0. The molecule has 21 heavy (non-hydrogen) atoms. The number of hydrogen-bond acceptors (Lipinski definition) is 3. The van der Waals surface area contributed by atoms with Crippen molar-refractivity contribution in [3.05, 3.63) is 0 Å². The summed E-state index contributed by atoms with van der Waals surface area (Å²) in [5.74, 6) is -2.06.